The molecular weight excluding hydrogens is 364 g/mol. The summed E-state index contributed by atoms with van der Waals surface area (Å²) in [5.74, 6) is -1.29. The smallest absolute Gasteiger partial charge is 0.338 e. The zero-order valence-corrected chi connectivity index (χ0v) is 16.4. The maximum absolute atomic E-state index is 11.3. The lowest BCUT2D eigenvalue weighted by molar-refractivity contribution is 0.0504. The summed E-state index contributed by atoms with van der Waals surface area (Å²) in [5.41, 5.74) is 0.920. The molecule has 0 amide bonds. The minimum Gasteiger partial charge on any atom is -0.508 e. The predicted octanol–water partition coefficient (Wildman–Crippen LogP) is 4.11. The maximum atomic E-state index is 11.3. The van der Waals surface area contributed by atoms with Crippen LogP contribution < -0.4 is 4.74 Å². The van der Waals surface area contributed by atoms with E-state index in [-0.39, 0.29) is 12.2 Å². The van der Waals surface area contributed by atoms with Crippen molar-refractivity contribution in [3.63, 3.8) is 0 Å². The van der Waals surface area contributed by atoms with Crippen molar-refractivity contribution in [1.29, 1.82) is 0 Å². The molecule has 154 valence electrons. The lowest BCUT2D eigenvalue weighted by atomic mass is 10.1. The Morgan fingerprint density at radius 1 is 0.964 bits per heavy atom. The Bertz CT molecular complexity index is 748. The molecule has 0 heterocycles. The number of unbranched alkanes of at least 4 members (excludes halogenated alkanes) is 1. The highest BCUT2D eigenvalue weighted by atomic mass is 16.5. The summed E-state index contributed by atoms with van der Waals surface area (Å²) in [7, 11) is 1.63. The molecule has 4 N–H and O–H groups in total. The van der Waals surface area contributed by atoms with Gasteiger partial charge in [0, 0.05) is 5.56 Å². The number of phenols is 4. The van der Waals surface area contributed by atoms with Gasteiger partial charge in [0.2, 0.25) is 0 Å². The molecule has 2 rings (SSSR count). The highest BCUT2D eigenvalue weighted by Crippen LogP contribution is 2.35. The van der Waals surface area contributed by atoms with Gasteiger partial charge in [-0.25, -0.2) is 4.79 Å². The van der Waals surface area contributed by atoms with Crippen molar-refractivity contribution < 1.29 is 34.7 Å². The third-order valence-corrected chi connectivity index (χ3v) is 3.85. The molecule has 0 aliphatic carbocycles. The highest BCUT2D eigenvalue weighted by molar-refractivity contribution is 5.91. The average Bonchev–Trinajstić information content (AvgIpc) is 2.69. The third kappa shape index (κ3) is 6.57. The Kier molecular flexibility index (Phi) is 9.50. The molecule has 7 nitrogen and oxygen atoms in total. The fraction of sp³-hybridized carbons (Fsp3) is 0.381. The molecule has 0 spiro atoms. The Hall–Kier alpha value is -3.09. The second-order valence-corrected chi connectivity index (χ2v) is 6.06. The number of hydrogen-bond acceptors (Lipinski definition) is 7. The number of carbonyl (C=O) groups is 1. The van der Waals surface area contributed by atoms with Gasteiger partial charge in [-0.1, -0.05) is 26.3 Å². The number of esters is 1. The monoisotopic (exact) mass is 392 g/mol. The van der Waals surface area contributed by atoms with E-state index in [4.69, 9.17) is 24.8 Å². The van der Waals surface area contributed by atoms with Gasteiger partial charge in [-0.05, 0) is 43.5 Å². The molecule has 0 unspecified atom stereocenters. The van der Waals surface area contributed by atoms with Crippen LogP contribution in [0.2, 0.25) is 0 Å². The molecule has 0 fully saturated rings. The number of phenolic OH excluding ortho intramolecular Hbond substituents is 4. The van der Waals surface area contributed by atoms with Crippen molar-refractivity contribution in [2.75, 3.05) is 13.7 Å². The number of rotatable bonds is 7. The van der Waals surface area contributed by atoms with Crippen molar-refractivity contribution in [3.8, 4) is 28.7 Å². The Morgan fingerprint density at radius 2 is 1.61 bits per heavy atom. The van der Waals surface area contributed by atoms with E-state index in [2.05, 4.69) is 6.92 Å². The van der Waals surface area contributed by atoms with Crippen LogP contribution in [-0.2, 0) is 11.2 Å². The van der Waals surface area contributed by atoms with E-state index >= 15 is 0 Å². The van der Waals surface area contributed by atoms with Crippen LogP contribution in [0.5, 0.6) is 28.7 Å². The quantitative estimate of drug-likeness (QED) is 0.414. The van der Waals surface area contributed by atoms with Crippen LogP contribution in [0.3, 0.4) is 0 Å². The second kappa shape index (κ2) is 11.6. The van der Waals surface area contributed by atoms with Gasteiger partial charge in [0.05, 0.1) is 19.3 Å². The number of methoxy groups -OCH3 is 1. The van der Waals surface area contributed by atoms with Gasteiger partial charge >= 0.3 is 5.97 Å². The third-order valence-electron chi connectivity index (χ3n) is 3.85. The summed E-state index contributed by atoms with van der Waals surface area (Å²) in [6, 6.07) is 7.45. The molecule has 0 radical (unpaired) electrons. The summed E-state index contributed by atoms with van der Waals surface area (Å²) < 4.78 is 9.95. The largest absolute Gasteiger partial charge is 0.508 e. The minimum absolute atomic E-state index is 0.00347. The number of aromatic hydroxyl groups is 4. The normalized spacial score (nSPS) is 9.96. The standard InChI is InChI=1S/C11H16O2.C10H12O5/c1-3-4-6-9-10(12)7-5-8-11(9)13-2;1-2-3-15-10(14)6-4-7(11)9(13)8(12)5-6/h5,7-8,12H,3-4,6H2,1-2H3;4-5,11-13H,2-3H2,1H3. The van der Waals surface area contributed by atoms with E-state index < -0.39 is 23.2 Å². The van der Waals surface area contributed by atoms with Crippen molar-refractivity contribution in [3.05, 3.63) is 41.5 Å². The van der Waals surface area contributed by atoms with Crippen LogP contribution >= 0.6 is 0 Å². The van der Waals surface area contributed by atoms with Crippen LogP contribution in [0.25, 0.3) is 0 Å². The number of ether oxygens (including phenoxy) is 2. The average molecular weight is 392 g/mol. The topological polar surface area (TPSA) is 116 Å². The summed E-state index contributed by atoms with van der Waals surface area (Å²) in [6.07, 6.45) is 3.76. The van der Waals surface area contributed by atoms with E-state index in [9.17, 15) is 9.90 Å². The zero-order chi connectivity index (χ0) is 21.1. The predicted molar refractivity (Wildman–Crippen MR) is 105 cm³/mol. The summed E-state index contributed by atoms with van der Waals surface area (Å²) in [4.78, 5) is 11.3. The van der Waals surface area contributed by atoms with Crippen molar-refractivity contribution >= 4 is 5.97 Å². The van der Waals surface area contributed by atoms with Gasteiger partial charge in [0.15, 0.2) is 17.2 Å². The maximum Gasteiger partial charge on any atom is 0.338 e. The lowest BCUT2D eigenvalue weighted by Crippen LogP contribution is -2.05. The molecule has 2 aromatic rings. The molecule has 0 saturated heterocycles. The Morgan fingerprint density at radius 3 is 2.14 bits per heavy atom. The fourth-order valence-corrected chi connectivity index (χ4v) is 2.35. The summed E-state index contributed by atoms with van der Waals surface area (Å²) in [5, 5.41) is 36.9. The molecule has 0 saturated carbocycles. The van der Waals surface area contributed by atoms with Crippen molar-refractivity contribution in [1.82, 2.24) is 0 Å². The van der Waals surface area contributed by atoms with Gasteiger partial charge in [-0.3, -0.25) is 0 Å². The Labute approximate surface area is 164 Å². The molecule has 0 bridgehead atoms. The molecule has 2 aromatic carbocycles. The molecule has 0 aromatic heterocycles. The first-order valence-electron chi connectivity index (χ1n) is 9.12. The molecule has 7 heteroatoms. The van der Waals surface area contributed by atoms with Gasteiger partial charge in [0.1, 0.15) is 11.5 Å². The fourth-order valence-electron chi connectivity index (χ4n) is 2.35. The highest BCUT2D eigenvalue weighted by Gasteiger charge is 2.14. The van der Waals surface area contributed by atoms with Crippen molar-refractivity contribution in [2.24, 2.45) is 0 Å². The van der Waals surface area contributed by atoms with E-state index in [1.54, 1.807) is 19.2 Å². The van der Waals surface area contributed by atoms with Crippen LogP contribution in [-0.4, -0.2) is 40.1 Å². The minimum atomic E-state index is -0.651. The summed E-state index contributed by atoms with van der Waals surface area (Å²) in [6.45, 7) is 4.24. The van der Waals surface area contributed by atoms with E-state index in [1.807, 2.05) is 13.0 Å². The first kappa shape index (κ1) is 23.0. The molecule has 28 heavy (non-hydrogen) atoms. The zero-order valence-electron chi connectivity index (χ0n) is 16.4. The van der Waals surface area contributed by atoms with Crippen LogP contribution in [0.15, 0.2) is 30.3 Å². The van der Waals surface area contributed by atoms with E-state index in [0.717, 1.165) is 42.7 Å². The lowest BCUT2D eigenvalue weighted by Gasteiger charge is -2.09. The Balaban J connectivity index is 0.000000283. The van der Waals surface area contributed by atoms with Gasteiger partial charge in [-0.2, -0.15) is 0 Å². The van der Waals surface area contributed by atoms with Gasteiger partial charge in [0.25, 0.3) is 0 Å². The van der Waals surface area contributed by atoms with Crippen molar-refractivity contribution in [2.45, 2.75) is 39.5 Å². The SMILES string of the molecule is CCCCc1c(O)cccc1OC.CCCOC(=O)c1cc(O)c(O)c(O)c1. The van der Waals surface area contributed by atoms with Crippen LogP contribution in [0.4, 0.5) is 0 Å². The number of carbonyl (C=O) groups excluding carboxylic acids is 1. The number of benzene rings is 2. The summed E-state index contributed by atoms with van der Waals surface area (Å²) >= 11 is 0. The molecule has 0 atom stereocenters. The number of hydrogen-bond donors (Lipinski definition) is 4. The molecule has 0 aliphatic heterocycles. The molecular formula is C21H28O7. The first-order valence-corrected chi connectivity index (χ1v) is 9.12. The van der Waals surface area contributed by atoms with Crippen LogP contribution in [0.1, 0.15) is 49.0 Å². The van der Waals surface area contributed by atoms with E-state index in [0.29, 0.717) is 12.2 Å². The van der Waals surface area contributed by atoms with Gasteiger partial charge < -0.3 is 29.9 Å². The first-order chi connectivity index (χ1) is 13.3. The van der Waals surface area contributed by atoms with Gasteiger partial charge in [-0.15, -0.1) is 0 Å². The van der Waals surface area contributed by atoms with E-state index in [1.165, 1.54) is 0 Å². The second-order valence-electron chi connectivity index (χ2n) is 6.06. The van der Waals surface area contributed by atoms with Crippen LogP contribution in [0, 0.1) is 0 Å². The molecule has 0 aliphatic rings.